The molecule has 0 radical (unpaired) electrons. The molecule has 0 aliphatic carbocycles. The quantitative estimate of drug-likeness (QED) is 0.864. The Hall–Kier alpha value is -1.59. The first-order valence-corrected chi connectivity index (χ1v) is 9.02. The van der Waals surface area contributed by atoms with E-state index in [1.807, 2.05) is 30.0 Å². The van der Waals surface area contributed by atoms with Gasteiger partial charge in [-0.1, -0.05) is 18.2 Å². The molecule has 0 spiro atoms. The van der Waals surface area contributed by atoms with E-state index < -0.39 is 0 Å². The number of carbonyl (C=O) groups excluding carboxylic acids is 1. The Kier molecular flexibility index (Phi) is 5.74. The van der Waals surface area contributed by atoms with E-state index in [4.69, 9.17) is 4.74 Å². The third kappa shape index (κ3) is 4.28. The van der Waals surface area contributed by atoms with Crippen LogP contribution in [0.4, 0.5) is 0 Å². The van der Waals surface area contributed by atoms with Crippen LogP contribution < -0.4 is 4.74 Å². The number of aliphatic hydroxyl groups is 1. The predicted octanol–water partition coefficient (Wildman–Crippen LogP) is 1.89. The zero-order chi connectivity index (χ0) is 16.9. The molecule has 0 bridgehead atoms. The van der Waals surface area contributed by atoms with Gasteiger partial charge in [0, 0.05) is 31.7 Å². The van der Waals surface area contributed by atoms with Crippen LogP contribution in [-0.2, 0) is 11.3 Å². The largest absolute Gasteiger partial charge is 0.483 e. The van der Waals surface area contributed by atoms with Crippen LogP contribution in [0, 0.1) is 5.92 Å². The summed E-state index contributed by atoms with van der Waals surface area (Å²) in [6.07, 6.45) is 2.98. The molecule has 2 saturated heterocycles. The van der Waals surface area contributed by atoms with Gasteiger partial charge in [0.25, 0.3) is 5.91 Å². The van der Waals surface area contributed by atoms with Gasteiger partial charge in [-0.2, -0.15) is 0 Å². The van der Waals surface area contributed by atoms with E-state index in [1.165, 1.54) is 0 Å². The van der Waals surface area contributed by atoms with Crippen LogP contribution in [-0.4, -0.2) is 59.7 Å². The van der Waals surface area contributed by atoms with Gasteiger partial charge >= 0.3 is 0 Å². The first-order chi connectivity index (χ1) is 11.6. The fourth-order valence-electron chi connectivity index (χ4n) is 3.61. The standard InChI is InChI=1S/C19H28N2O3/c1-15(22)16-8-11-20(12-16)13-17-6-2-3-7-18(17)24-14-19(23)21-9-4-5-10-21/h2-3,6-7,15-16,22H,4-5,8-14H2,1H3. The van der Waals surface area contributed by atoms with E-state index in [0.717, 1.165) is 63.3 Å². The number of ether oxygens (including phenoxy) is 1. The molecule has 132 valence electrons. The number of benzene rings is 1. The Morgan fingerprint density at radius 3 is 2.75 bits per heavy atom. The van der Waals surface area contributed by atoms with Crippen molar-refractivity contribution in [3.05, 3.63) is 29.8 Å². The summed E-state index contributed by atoms with van der Waals surface area (Å²) in [5.74, 6) is 1.23. The Labute approximate surface area is 144 Å². The van der Waals surface area contributed by atoms with Crippen molar-refractivity contribution in [2.45, 2.75) is 38.8 Å². The fraction of sp³-hybridized carbons (Fsp3) is 0.632. The van der Waals surface area contributed by atoms with E-state index >= 15 is 0 Å². The summed E-state index contributed by atoms with van der Waals surface area (Å²) < 4.78 is 5.83. The lowest BCUT2D eigenvalue weighted by molar-refractivity contribution is -0.132. The summed E-state index contributed by atoms with van der Waals surface area (Å²) in [7, 11) is 0. The minimum atomic E-state index is -0.250. The minimum absolute atomic E-state index is 0.0812. The maximum absolute atomic E-state index is 12.2. The fourth-order valence-corrected chi connectivity index (χ4v) is 3.61. The Morgan fingerprint density at radius 2 is 2.04 bits per heavy atom. The molecule has 0 aromatic heterocycles. The maximum atomic E-state index is 12.2. The molecule has 2 heterocycles. The van der Waals surface area contributed by atoms with Crippen molar-refractivity contribution in [2.75, 3.05) is 32.8 Å². The number of carbonyl (C=O) groups is 1. The topological polar surface area (TPSA) is 53.0 Å². The monoisotopic (exact) mass is 332 g/mol. The summed E-state index contributed by atoms with van der Waals surface area (Å²) in [5.41, 5.74) is 1.11. The lowest BCUT2D eigenvalue weighted by atomic mass is 10.0. The van der Waals surface area contributed by atoms with Crippen molar-refractivity contribution in [1.82, 2.24) is 9.80 Å². The van der Waals surface area contributed by atoms with E-state index in [-0.39, 0.29) is 18.6 Å². The Bertz CT molecular complexity index is 555. The lowest BCUT2D eigenvalue weighted by Gasteiger charge is -2.20. The highest BCUT2D eigenvalue weighted by atomic mass is 16.5. The van der Waals surface area contributed by atoms with Crippen molar-refractivity contribution >= 4 is 5.91 Å². The molecule has 3 rings (SSSR count). The number of hydrogen-bond donors (Lipinski definition) is 1. The summed E-state index contributed by atoms with van der Waals surface area (Å²) >= 11 is 0. The van der Waals surface area contributed by atoms with Gasteiger partial charge in [0.15, 0.2) is 6.61 Å². The number of nitrogens with zero attached hydrogens (tertiary/aromatic N) is 2. The second-order valence-electron chi connectivity index (χ2n) is 7.01. The molecule has 1 aromatic rings. The smallest absolute Gasteiger partial charge is 0.260 e. The molecular formula is C19H28N2O3. The van der Waals surface area contributed by atoms with Crippen LogP contribution in [0.1, 0.15) is 31.7 Å². The molecule has 24 heavy (non-hydrogen) atoms. The zero-order valence-electron chi connectivity index (χ0n) is 14.5. The summed E-state index contributed by atoms with van der Waals surface area (Å²) in [6.45, 7) is 6.42. The molecule has 2 fully saturated rings. The molecule has 1 aromatic carbocycles. The van der Waals surface area contributed by atoms with Crippen LogP contribution in [0.5, 0.6) is 5.75 Å². The Balaban J connectivity index is 1.56. The molecule has 5 heteroatoms. The van der Waals surface area contributed by atoms with Crippen molar-refractivity contribution in [3.63, 3.8) is 0 Å². The third-order valence-electron chi connectivity index (χ3n) is 5.17. The lowest BCUT2D eigenvalue weighted by Crippen LogP contribution is -2.32. The number of rotatable bonds is 6. The summed E-state index contributed by atoms with van der Waals surface area (Å²) in [5, 5.41) is 9.75. The van der Waals surface area contributed by atoms with Gasteiger partial charge < -0.3 is 14.7 Å². The van der Waals surface area contributed by atoms with Crippen molar-refractivity contribution in [1.29, 1.82) is 0 Å². The van der Waals surface area contributed by atoms with Gasteiger partial charge in [-0.3, -0.25) is 9.69 Å². The highest BCUT2D eigenvalue weighted by Gasteiger charge is 2.26. The normalized spacial score (nSPS) is 22.8. The first-order valence-electron chi connectivity index (χ1n) is 9.02. The third-order valence-corrected chi connectivity index (χ3v) is 5.17. The molecule has 2 aliphatic heterocycles. The SMILES string of the molecule is CC(O)C1CCN(Cc2ccccc2OCC(=O)N2CCCC2)C1. The Morgan fingerprint density at radius 1 is 1.29 bits per heavy atom. The number of hydrogen-bond acceptors (Lipinski definition) is 4. The van der Waals surface area contributed by atoms with Gasteiger partial charge in [0.05, 0.1) is 6.10 Å². The van der Waals surface area contributed by atoms with Gasteiger partial charge in [0.2, 0.25) is 0 Å². The van der Waals surface area contributed by atoms with Gasteiger partial charge in [-0.25, -0.2) is 0 Å². The van der Waals surface area contributed by atoms with Gasteiger partial charge in [0.1, 0.15) is 5.75 Å². The summed E-state index contributed by atoms with van der Waals surface area (Å²) in [6, 6.07) is 7.95. The molecule has 5 nitrogen and oxygen atoms in total. The molecular weight excluding hydrogens is 304 g/mol. The molecule has 1 amide bonds. The van der Waals surface area contributed by atoms with E-state index in [1.54, 1.807) is 0 Å². The molecule has 2 atom stereocenters. The second kappa shape index (κ2) is 7.99. The van der Waals surface area contributed by atoms with Crippen molar-refractivity contribution in [3.8, 4) is 5.75 Å². The van der Waals surface area contributed by atoms with Gasteiger partial charge in [-0.15, -0.1) is 0 Å². The van der Waals surface area contributed by atoms with E-state index in [0.29, 0.717) is 5.92 Å². The molecule has 2 aliphatic rings. The van der Waals surface area contributed by atoms with Gasteiger partial charge in [-0.05, 0) is 44.7 Å². The van der Waals surface area contributed by atoms with E-state index in [9.17, 15) is 9.90 Å². The van der Waals surface area contributed by atoms with Crippen LogP contribution in [0.25, 0.3) is 0 Å². The number of amides is 1. The minimum Gasteiger partial charge on any atom is -0.483 e. The highest BCUT2D eigenvalue weighted by Crippen LogP contribution is 2.25. The number of aliphatic hydroxyl groups excluding tert-OH is 1. The average Bonchev–Trinajstić information content (AvgIpc) is 3.25. The first kappa shape index (κ1) is 17.2. The van der Waals surface area contributed by atoms with Crippen LogP contribution in [0.15, 0.2) is 24.3 Å². The van der Waals surface area contributed by atoms with Crippen LogP contribution >= 0.6 is 0 Å². The van der Waals surface area contributed by atoms with Crippen molar-refractivity contribution in [2.24, 2.45) is 5.92 Å². The summed E-state index contributed by atoms with van der Waals surface area (Å²) in [4.78, 5) is 16.4. The molecule has 0 saturated carbocycles. The molecule has 2 unspecified atom stereocenters. The zero-order valence-corrected chi connectivity index (χ0v) is 14.5. The maximum Gasteiger partial charge on any atom is 0.260 e. The van der Waals surface area contributed by atoms with Crippen molar-refractivity contribution < 1.29 is 14.6 Å². The molecule has 1 N–H and O–H groups in total. The van der Waals surface area contributed by atoms with Crippen LogP contribution in [0.2, 0.25) is 0 Å². The number of para-hydroxylation sites is 1. The highest BCUT2D eigenvalue weighted by molar-refractivity contribution is 5.78. The number of likely N-dealkylation sites (tertiary alicyclic amines) is 2. The predicted molar refractivity (Wildman–Crippen MR) is 92.8 cm³/mol. The van der Waals surface area contributed by atoms with E-state index in [2.05, 4.69) is 11.0 Å². The second-order valence-corrected chi connectivity index (χ2v) is 7.01. The van der Waals surface area contributed by atoms with Crippen LogP contribution in [0.3, 0.4) is 0 Å². The average molecular weight is 332 g/mol.